The van der Waals surface area contributed by atoms with E-state index >= 15 is 0 Å². The molecule has 4 nitrogen and oxygen atoms in total. The van der Waals surface area contributed by atoms with Crippen LogP contribution in [0.3, 0.4) is 0 Å². The SMILES string of the molecule is CC(=O)Nc1ccc(SCc2ncc(-c3ccc(F)cc3)o2)cc1. The molecule has 3 aromatic rings. The Labute approximate surface area is 143 Å². The predicted molar refractivity (Wildman–Crippen MR) is 92.2 cm³/mol. The number of nitrogens with zero attached hydrogens (tertiary/aromatic N) is 1. The summed E-state index contributed by atoms with van der Waals surface area (Å²) in [5.74, 6) is 1.43. The van der Waals surface area contributed by atoms with Gasteiger partial charge in [-0.2, -0.15) is 0 Å². The monoisotopic (exact) mass is 342 g/mol. The van der Waals surface area contributed by atoms with Crippen LogP contribution in [0.15, 0.2) is 64.0 Å². The van der Waals surface area contributed by atoms with E-state index in [1.165, 1.54) is 19.1 Å². The van der Waals surface area contributed by atoms with Crippen LogP contribution in [0.1, 0.15) is 12.8 Å². The van der Waals surface area contributed by atoms with Crippen LogP contribution in [0.5, 0.6) is 0 Å². The van der Waals surface area contributed by atoms with Gasteiger partial charge in [0, 0.05) is 23.1 Å². The van der Waals surface area contributed by atoms with Gasteiger partial charge >= 0.3 is 0 Å². The average molecular weight is 342 g/mol. The number of thioether (sulfide) groups is 1. The number of carbonyl (C=O) groups is 1. The molecule has 0 bridgehead atoms. The van der Waals surface area contributed by atoms with Gasteiger partial charge in [-0.05, 0) is 48.5 Å². The van der Waals surface area contributed by atoms with E-state index in [1.54, 1.807) is 30.1 Å². The first-order valence-corrected chi connectivity index (χ1v) is 8.30. The molecule has 0 aliphatic carbocycles. The number of rotatable bonds is 5. The van der Waals surface area contributed by atoms with Crippen LogP contribution in [0.4, 0.5) is 10.1 Å². The summed E-state index contributed by atoms with van der Waals surface area (Å²) in [6.07, 6.45) is 1.64. The second kappa shape index (κ2) is 7.31. The van der Waals surface area contributed by atoms with Crippen molar-refractivity contribution in [3.8, 4) is 11.3 Å². The number of aromatic nitrogens is 1. The van der Waals surface area contributed by atoms with Gasteiger partial charge in [0.15, 0.2) is 5.76 Å². The first-order chi connectivity index (χ1) is 11.6. The Hall–Kier alpha value is -2.60. The highest BCUT2D eigenvalue weighted by Gasteiger charge is 2.07. The van der Waals surface area contributed by atoms with Crippen molar-refractivity contribution < 1.29 is 13.6 Å². The van der Waals surface area contributed by atoms with E-state index in [1.807, 2.05) is 24.3 Å². The number of oxazole rings is 1. The van der Waals surface area contributed by atoms with Crippen molar-refractivity contribution in [1.29, 1.82) is 0 Å². The van der Waals surface area contributed by atoms with Crippen molar-refractivity contribution in [2.45, 2.75) is 17.6 Å². The van der Waals surface area contributed by atoms with Gasteiger partial charge in [0.2, 0.25) is 11.8 Å². The number of benzene rings is 2. The maximum Gasteiger partial charge on any atom is 0.221 e. The van der Waals surface area contributed by atoms with Crippen LogP contribution in [0, 0.1) is 5.82 Å². The van der Waals surface area contributed by atoms with E-state index in [0.29, 0.717) is 17.4 Å². The van der Waals surface area contributed by atoms with Crippen LogP contribution < -0.4 is 5.32 Å². The summed E-state index contributed by atoms with van der Waals surface area (Å²) >= 11 is 1.58. The molecule has 3 rings (SSSR count). The summed E-state index contributed by atoms with van der Waals surface area (Å²) in [5, 5.41) is 2.73. The number of hydrogen-bond acceptors (Lipinski definition) is 4. The molecule has 1 N–H and O–H groups in total. The summed E-state index contributed by atoms with van der Waals surface area (Å²) in [7, 11) is 0. The Morgan fingerprint density at radius 1 is 1.17 bits per heavy atom. The van der Waals surface area contributed by atoms with Crippen molar-refractivity contribution in [2.24, 2.45) is 0 Å². The first kappa shape index (κ1) is 16.3. The third kappa shape index (κ3) is 4.23. The van der Waals surface area contributed by atoms with Crippen LogP contribution in [0.25, 0.3) is 11.3 Å². The van der Waals surface area contributed by atoms with E-state index < -0.39 is 0 Å². The van der Waals surface area contributed by atoms with Crippen LogP contribution in [0.2, 0.25) is 0 Å². The third-order valence-corrected chi connectivity index (χ3v) is 4.22. The highest BCUT2D eigenvalue weighted by Crippen LogP contribution is 2.26. The second-order valence-electron chi connectivity index (χ2n) is 5.12. The zero-order valence-corrected chi connectivity index (χ0v) is 13.8. The van der Waals surface area contributed by atoms with E-state index in [9.17, 15) is 9.18 Å². The number of anilines is 1. The minimum atomic E-state index is -0.281. The normalized spacial score (nSPS) is 10.6. The zero-order chi connectivity index (χ0) is 16.9. The highest BCUT2D eigenvalue weighted by atomic mass is 32.2. The highest BCUT2D eigenvalue weighted by molar-refractivity contribution is 7.98. The Balaban J connectivity index is 1.61. The molecule has 2 aromatic carbocycles. The maximum absolute atomic E-state index is 12.9. The van der Waals surface area contributed by atoms with E-state index in [-0.39, 0.29) is 11.7 Å². The fraction of sp³-hybridized carbons (Fsp3) is 0.111. The summed E-state index contributed by atoms with van der Waals surface area (Å²) in [4.78, 5) is 16.3. The summed E-state index contributed by atoms with van der Waals surface area (Å²) in [6, 6.07) is 13.7. The molecule has 1 amide bonds. The van der Waals surface area contributed by atoms with E-state index in [2.05, 4.69) is 10.3 Å². The molecule has 1 heterocycles. The van der Waals surface area contributed by atoms with Gasteiger partial charge in [-0.25, -0.2) is 9.37 Å². The van der Waals surface area contributed by atoms with Crippen molar-refractivity contribution in [2.75, 3.05) is 5.32 Å². The molecule has 0 aliphatic heterocycles. The quantitative estimate of drug-likeness (QED) is 0.681. The van der Waals surface area contributed by atoms with Gasteiger partial charge in [-0.15, -0.1) is 11.8 Å². The van der Waals surface area contributed by atoms with Gasteiger partial charge in [0.1, 0.15) is 5.82 Å². The molecule has 0 aliphatic rings. The lowest BCUT2D eigenvalue weighted by atomic mass is 10.2. The largest absolute Gasteiger partial charge is 0.440 e. The standard InChI is InChI=1S/C18H15FN2O2S/c1-12(22)21-15-6-8-16(9-7-15)24-11-18-20-10-17(23-18)13-2-4-14(19)5-3-13/h2-10H,11H2,1H3,(H,21,22). The predicted octanol–water partition coefficient (Wildman–Crippen LogP) is 4.73. The number of halogens is 1. The lowest BCUT2D eigenvalue weighted by Gasteiger charge is -2.03. The molecule has 0 spiro atoms. The third-order valence-electron chi connectivity index (χ3n) is 3.22. The van der Waals surface area contributed by atoms with Gasteiger partial charge in [0.25, 0.3) is 0 Å². The van der Waals surface area contributed by atoms with Crippen LogP contribution >= 0.6 is 11.8 Å². The molecule has 0 atom stereocenters. The molecule has 0 radical (unpaired) electrons. The Kier molecular flexibility index (Phi) is 4.96. The molecule has 0 fully saturated rings. The Morgan fingerprint density at radius 2 is 1.88 bits per heavy atom. The number of nitrogens with one attached hydrogen (secondary N) is 1. The molecule has 1 aromatic heterocycles. The minimum Gasteiger partial charge on any atom is -0.440 e. The fourth-order valence-electron chi connectivity index (χ4n) is 2.11. The topological polar surface area (TPSA) is 55.1 Å². The molecular formula is C18H15FN2O2S. The molecular weight excluding hydrogens is 327 g/mol. The molecule has 24 heavy (non-hydrogen) atoms. The smallest absolute Gasteiger partial charge is 0.221 e. The minimum absolute atomic E-state index is 0.0940. The summed E-state index contributed by atoms with van der Waals surface area (Å²) < 4.78 is 18.6. The molecule has 122 valence electrons. The molecule has 6 heteroatoms. The van der Waals surface area contributed by atoms with Gasteiger partial charge < -0.3 is 9.73 Å². The second-order valence-corrected chi connectivity index (χ2v) is 6.17. The summed E-state index contributed by atoms with van der Waals surface area (Å²) in [5.41, 5.74) is 1.56. The van der Waals surface area contributed by atoms with Crippen LogP contribution in [-0.2, 0) is 10.5 Å². The number of carbonyl (C=O) groups excluding carboxylic acids is 1. The molecule has 0 saturated heterocycles. The average Bonchev–Trinajstić information content (AvgIpc) is 3.03. The number of hydrogen-bond donors (Lipinski definition) is 1. The zero-order valence-electron chi connectivity index (χ0n) is 13.0. The van der Waals surface area contributed by atoms with Crippen molar-refractivity contribution in [1.82, 2.24) is 4.98 Å². The lowest BCUT2D eigenvalue weighted by Crippen LogP contribution is -2.05. The first-order valence-electron chi connectivity index (χ1n) is 7.31. The van der Waals surface area contributed by atoms with E-state index in [0.717, 1.165) is 16.1 Å². The molecule has 0 unspecified atom stereocenters. The lowest BCUT2D eigenvalue weighted by molar-refractivity contribution is -0.114. The Morgan fingerprint density at radius 3 is 2.54 bits per heavy atom. The molecule has 0 saturated carbocycles. The van der Waals surface area contributed by atoms with Gasteiger partial charge in [-0.3, -0.25) is 4.79 Å². The maximum atomic E-state index is 12.9. The van der Waals surface area contributed by atoms with Gasteiger partial charge in [-0.1, -0.05) is 0 Å². The van der Waals surface area contributed by atoms with E-state index in [4.69, 9.17) is 4.42 Å². The number of amides is 1. The Bertz CT molecular complexity index is 829. The fourth-order valence-corrected chi connectivity index (χ4v) is 2.86. The van der Waals surface area contributed by atoms with Crippen LogP contribution in [-0.4, -0.2) is 10.9 Å². The van der Waals surface area contributed by atoms with Gasteiger partial charge in [0.05, 0.1) is 11.9 Å². The van der Waals surface area contributed by atoms with Crippen molar-refractivity contribution in [3.63, 3.8) is 0 Å². The summed E-state index contributed by atoms with van der Waals surface area (Å²) in [6.45, 7) is 1.48. The van der Waals surface area contributed by atoms with Crippen molar-refractivity contribution in [3.05, 3.63) is 66.4 Å². The van der Waals surface area contributed by atoms with Crippen molar-refractivity contribution >= 4 is 23.4 Å².